The second-order valence-corrected chi connectivity index (χ2v) is 4.33. The first kappa shape index (κ1) is 13.5. The van der Waals surface area contributed by atoms with Crippen LogP contribution < -0.4 is 0 Å². The zero-order valence-corrected chi connectivity index (χ0v) is 11.0. The van der Waals surface area contributed by atoms with Gasteiger partial charge in [-0.2, -0.15) is 0 Å². The molecule has 0 aliphatic rings. The molecule has 0 saturated carbocycles. The van der Waals surface area contributed by atoms with Crippen molar-refractivity contribution in [1.82, 2.24) is 0 Å². The summed E-state index contributed by atoms with van der Waals surface area (Å²) in [5.41, 5.74) is 3.50. The topological polar surface area (TPSA) is 26.3 Å². The van der Waals surface area contributed by atoms with Gasteiger partial charge in [0, 0.05) is 6.08 Å². The first-order chi connectivity index (χ1) is 8.02. The average Bonchev–Trinajstić information content (AvgIpc) is 2.30. The van der Waals surface area contributed by atoms with Gasteiger partial charge in [-0.3, -0.25) is 0 Å². The molecule has 0 spiro atoms. The van der Waals surface area contributed by atoms with Crippen molar-refractivity contribution in [3.8, 4) is 0 Å². The number of rotatable bonds is 4. The van der Waals surface area contributed by atoms with Crippen LogP contribution in [0.5, 0.6) is 0 Å². The lowest BCUT2D eigenvalue weighted by molar-refractivity contribution is -0.142. The zero-order chi connectivity index (χ0) is 12.8. The summed E-state index contributed by atoms with van der Waals surface area (Å²) in [6, 6.07) is 6.10. The molecule has 0 fully saturated rings. The van der Waals surface area contributed by atoms with Gasteiger partial charge >= 0.3 is 5.97 Å². The van der Waals surface area contributed by atoms with E-state index in [0.717, 1.165) is 12.0 Å². The molecule has 1 rings (SSSR count). The van der Waals surface area contributed by atoms with Crippen molar-refractivity contribution < 1.29 is 9.53 Å². The number of esters is 1. The number of carbonyl (C=O) groups is 1. The molecule has 17 heavy (non-hydrogen) atoms. The minimum atomic E-state index is -0.280. The molecule has 1 aromatic rings. The Morgan fingerprint density at radius 3 is 2.65 bits per heavy atom. The van der Waals surface area contributed by atoms with E-state index in [1.165, 1.54) is 17.2 Å². The molecule has 0 bridgehead atoms. The van der Waals surface area contributed by atoms with Crippen molar-refractivity contribution in [3.63, 3.8) is 0 Å². The number of benzene rings is 1. The van der Waals surface area contributed by atoms with Crippen LogP contribution in [0.2, 0.25) is 0 Å². The third kappa shape index (κ3) is 4.43. The summed E-state index contributed by atoms with van der Waals surface area (Å²) in [5, 5.41) is 0. The maximum Gasteiger partial charge on any atom is 0.331 e. The van der Waals surface area contributed by atoms with E-state index in [4.69, 9.17) is 4.74 Å². The maximum atomic E-state index is 11.4. The van der Waals surface area contributed by atoms with E-state index in [0.29, 0.717) is 0 Å². The van der Waals surface area contributed by atoms with Crippen LogP contribution in [0.25, 0.3) is 6.08 Å². The molecular formula is C15H20O2. The van der Waals surface area contributed by atoms with Crippen LogP contribution in [0.15, 0.2) is 24.3 Å². The van der Waals surface area contributed by atoms with Crippen LogP contribution in [0.1, 0.15) is 37.0 Å². The van der Waals surface area contributed by atoms with Gasteiger partial charge in [0.15, 0.2) is 0 Å². The van der Waals surface area contributed by atoms with E-state index in [9.17, 15) is 4.79 Å². The largest absolute Gasteiger partial charge is 0.460 e. The molecule has 0 saturated heterocycles. The molecule has 0 amide bonds. The maximum absolute atomic E-state index is 11.4. The Balaban J connectivity index is 2.64. The van der Waals surface area contributed by atoms with Gasteiger partial charge in [-0.1, -0.05) is 25.1 Å². The van der Waals surface area contributed by atoms with E-state index in [1.54, 1.807) is 6.08 Å². The highest BCUT2D eigenvalue weighted by atomic mass is 16.5. The molecule has 1 atom stereocenters. The van der Waals surface area contributed by atoms with Gasteiger partial charge in [0.05, 0.1) is 6.10 Å². The Hall–Kier alpha value is -1.57. The van der Waals surface area contributed by atoms with Gasteiger partial charge in [-0.15, -0.1) is 0 Å². The number of hydrogen-bond acceptors (Lipinski definition) is 2. The fourth-order valence-corrected chi connectivity index (χ4v) is 1.35. The van der Waals surface area contributed by atoms with Crippen molar-refractivity contribution in [1.29, 1.82) is 0 Å². The first-order valence-electron chi connectivity index (χ1n) is 5.99. The third-order valence-electron chi connectivity index (χ3n) is 2.84. The lowest BCUT2D eigenvalue weighted by Gasteiger charge is -2.08. The second kappa shape index (κ2) is 6.24. The van der Waals surface area contributed by atoms with Gasteiger partial charge < -0.3 is 4.74 Å². The quantitative estimate of drug-likeness (QED) is 0.585. The fourth-order valence-electron chi connectivity index (χ4n) is 1.35. The van der Waals surface area contributed by atoms with Crippen LogP contribution in [-0.4, -0.2) is 12.1 Å². The summed E-state index contributed by atoms with van der Waals surface area (Å²) < 4.78 is 5.15. The number of ether oxygens (including phenoxy) is 1. The van der Waals surface area contributed by atoms with Gasteiger partial charge in [0.25, 0.3) is 0 Å². The molecule has 0 aliphatic carbocycles. The minimum absolute atomic E-state index is 0.0214. The van der Waals surface area contributed by atoms with E-state index in [2.05, 4.69) is 26.0 Å². The van der Waals surface area contributed by atoms with Crippen LogP contribution in [0, 0.1) is 13.8 Å². The smallest absolute Gasteiger partial charge is 0.331 e. The molecular weight excluding hydrogens is 212 g/mol. The van der Waals surface area contributed by atoms with Crippen molar-refractivity contribution in [2.45, 2.75) is 40.2 Å². The molecule has 1 unspecified atom stereocenters. The van der Waals surface area contributed by atoms with Crippen LogP contribution >= 0.6 is 0 Å². The molecule has 2 heteroatoms. The molecule has 2 nitrogen and oxygen atoms in total. The van der Waals surface area contributed by atoms with Gasteiger partial charge in [0.1, 0.15) is 0 Å². The predicted molar refractivity (Wildman–Crippen MR) is 70.8 cm³/mol. The Morgan fingerprint density at radius 2 is 2.06 bits per heavy atom. The van der Waals surface area contributed by atoms with Gasteiger partial charge in [-0.05, 0) is 50.0 Å². The highest BCUT2D eigenvalue weighted by Crippen LogP contribution is 2.11. The van der Waals surface area contributed by atoms with E-state index < -0.39 is 0 Å². The van der Waals surface area contributed by atoms with E-state index in [-0.39, 0.29) is 12.1 Å². The van der Waals surface area contributed by atoms with E-state index >= 15 is 0 Å². The van der Waals surface area contributed by atoms with Crippen molar-refractivity contribution in [3.05, 3.63) is 41.0 Å². The standard InChI is InChI=1S/C15H20O2/c1-5-13(4)17-15(16)9-8-14-7-6-11(2)12(3)10-14/h6-10,13H,5H2,1-4H3/b9-8+. The lowest BCUT2D eigenvalue weighted by atomic mass is 10.1. The van der Waals surface area contributed by atoms with Crippen molar-refractivity contribution in [2.75, 3.05) is 0 Å². The molecule has 1 aromatic carbocycles. The molecule has 0 heterocycles. The summed E-state index contributed by atoms with van der Waals surface area (Å²) in [5.74, 6) is -0.280. The Kier molecular flexibility index (Phi) is 4.95. The highest BCUT2D eigenvalue weighted by molar-refractivity contribution is 5.87. The van der Waals surface area contributed by atoms with Gasteiger partial charge in [0.2, 0.25) is 0 Å². The number of carbonyl (C=O) groups excluding carboxylic acids is 1. The number of aryl methyl sites for hydroxylation is 2. The average molecular weight is 232 g/mol. The monoisotopic (exact) mass is 232 g/mol. The van der Waals surface area contributed by atoms with E-state index in [1.807, 2.05) is 19.9 Å². The summed E-state index contributed by atoms with van der Waals surface area (Å²) in [7, 11) is 0. The molecule has 0 aliphatic heterocycles. The third-order valence-corrected chi connectivity index (χ3v) is 2.84. The summed E-state index contributed by atoms with van der Waals surface area (Å²) >= 11 is 0. The summed E-state index contributed by atoms with van der Waals surface area (Å²) in [6.07, 6.45) is 4.09. The fraction of sp³-hybridized carbons (Fsp3) is 0.400. The second-order valence-electron chi connectivity index (χ2n) is 4.33. The Bertz CT molecular complexity index is 419. The summed E-state index contributed by atoms with van der Waals surface area (Å²) in [6.45, 7) is 8.01. The zero-order valence-electron chi connectivity index (χ0n) is 11.0. The molecule has 0 N–H and O–H groups in total. The lowest BCUT2D eigenvalue weighted by Crippen LogP contribution is -2.11. The van der Waals surface area contributed by atoms with Crippen LogP contribution in [0.3, 0.4) is 0 Å². The number of hydrogen-bond donors (Lipinski definition) is 0. The highest BCUT2D eigenvalue weighted by Gasteiger charge is 2.03. The first-order valence-corrected chi connectivity index (χ1v) is 5.99. The molecule has 0 aromatic heterocycles. The SMILES string of the molecule is CCC(C)OC(=O)/C=C/c1ccc(C)c(C)c1. The predicted octanol–water partition coefficient (Wildman–Crippen LogP) is 3.66. The molecule has 0 radical (unpaired) electrons. The Morgan fingerprint density at radius 1 is 1.35 bits per heavy atom. The summed E-state index contributed by atoms with van der Waals surface area (Å²) in [4.78, 5) is 11.4. The molecule has 92 valence electrons. The Labute approximate surface area is 103 Å². The van der Waals surface area contributed by atoms with Crippen molar-refractivity contribution >= 4 is 12.0 Å². The van der Waals surface area contributed by atoms with Crippen LogP contribution in [-0.2, 0) is 9.53 Å². The van der Waals surface area contributed by atoms with Gasteiger partial charge in [-0.25, -0.2) is 4.79 Å². The minimum Gasteiger partial charge on any atom is -0.460 e. The van der Waals surface area contributed by atoms with Crippen LogP contribution in [0.4, 0.5) is 0 Å². The van der Waals surface area contributed by atoms with Crippen molar-refractivity contribution in [2.24, 2.45) is 0 Å². The normalized spacial score (nSPS) is 12.7.